The van der Waals surface area contributed by atoms with Gasteiger partial charge >= 0.3 is 12.1 Å². The fourth-order valence-electron chi connectivity index (χ4n) is 1.64. The fraction of sp³-hybridized carbons (Fsp3) is 0.750. The van der Waals surface area contributed by atoms with Crippen LogP contribution in [-0.2, 0) is 0 Å². The number of carbonyl (C=O) groups is 2. The van der Waals surface area contributed by atoms with Crippen molar-refractivity contribution >= 4 is 12.1 Å². The molecule has 0 aromatic rings. The van der Waals surface area contributed by atoms with Crippen LogP contribution >= 0.6 is 0 Å². The van der Waals surface area contributed by atoms with Crippen LogP contribution in [0.25, 0.3) is 0 Å². The van der Waals surface area contributed by atoms with E-state index in [9.17, 15) is 9.59 Å². The normalized spacial score (nSPS) is 31.6. The third-order valence-electron chi connectivity index (χ3n) is 2.50. The largest absolute Gasteiger partial charge is 0.352 e. The molecular formula is C8H16N4O2. The van der Waals surface area contributed by atoms with Gasteiger partial charge in [-0.25, -0.2) is 9.59 Å². The van der Waals surface area contributed by atoms with Crippen LogP contribution in [0.2, 0.25) is 0 Å². The van der Waals surface area contributed by atoms with Gasteiger partial charge in [-0.1, -0.05) is 13.8 Å². The van der Waals surface area contributed by atoms with Crippen LogP contribution in [-0.4, -0.2) is 24.3 Å². The number of primary amides is 1. The molecule has 0 spiro atoms. The number of amides is 4. The maximum absolute atomic E-state index is 11.2. The highest BCUT2D eigenvalue weighted by Gasteiger charge is 2.32. The molecule has 0 saturated carbocycles. The van der Waals surface area contributed by atoms with Crippen LogP contribution in [0.5, 0.6) is 0 Å². The summed E-state index contributed by atoms with van der Waals surface area (Å²) in [4.78, 5) is 21.8. The van der Waals surface area contributed by atoms with Gasteiger partial charge in [0.2, 0.25) is 0 Å². The van der Waals surface area contributed by atoms with Crippen molar-refractivity contribution in [2.45, 2.75) is 32.5 Å². The molecule has 5 N–H and O–H groups in total. The van der Waals surface area contributed by atoms with Crippen LogP contribution < -0.4 is 21.7 Å². The molecule has 6 heteroatoms. The van der Waals surface area contributed by atoms with E-state index in [1.54, 1.807) is 0 Å². The van der Waals surface area contributed by atoms with E-state index in [2.05, 4.69) is 16.0 Å². The zero-order valence-electron chi connectivity index (χ0n) is 8.33. The molecule has 1 aliphatic heterocycles. The van der Waals surface area contributed by atoms with Crippen molar-refractivity contribution in [1.29, 1.82) is 0 Å². The Bertz CT molecular complexity index is 241. The van der Waals surface area contributed by atoms with Gasteiger partial charge < -0.3 is 21.7 Å². The SMILES string of the molecule is CCC1NC(=O)NC(NC(N)=O)C1C. The molecule has 0 aliphatic carbocycles. The van der Waals surface area contributed by atoms with E-state index < -0.39 is 6.03 Å². The molecule has 0 bridgehead atoms. The van der Waals surface area contributed by atoms with Crippen molar-refractivity contribution in [3.63, 3.8) is 0 Å². The average molecular weight is 200 g/mol. The first kappa shape index (κ1) is 10.6. The van der Waals surface area contributed by atoms with Crippen LogP contribution in [0.15, 0.2) is 0 Å². The van der Waals surface area contributed by atoms with Gasteiger partial charge in [-0.15, -0.1) is 0 Å². The van der Waals surface area contributed by atoms with Crippen molar-refractivity contribution in [2.24, 2.45) is 11.7 Å². The molecule has 3 unspecified atom stereocenters. The smallest absolute Gasteiger partial charge is 0.316 e. The lowest BCUT2D eigenvalue weighted by Gasteiger charge is -2.36. The van der Waals surface area contributed by atoms with Crippen molar-refractivity contribution in [3.8, 4) is 0 Å². The Morgan fingerprint density at radius 3 is 2.71 bits per heavy atom. The number of carbonyl (C=O) groups excluding carboxylic acids is 2. The minimum atomic E-state index is -0.626. The predicted octanol–water partition coefficient (Wildman–Crippen LogP) is -0.292. The minimum absolute atomic E-state index is 0.0700. The highest BCUT2D eigenvalue weighted by atomic mass is 16.2. The summed E-state index contributed by atoms with van der Waals surface area (Å²) < 4.78 is 0. The summed E-state index contributed by atoms with van der Waals surface area (Å²) in [6.07, 6.45) is 0.442. The molecule has 0 radical (unpaired) electrons. The Morgan fingerprint density at radius 1 is 1.57 bits per heavy atom. The summed E-state index contributed by atoms with van der Waals surface area (Å²) in [6, 6.07) is -0.826. The van der Waals surface area contributed by atoms with Gasteiger partial charge in [0.1, 0.15) is 6.17 Å². The molecule has 1 aliphatic rings. The average Bonchev–Trinajstić information content (AvgIpc) is 2.09. The Morgan fingerprint density at radius 2 is 2.21 bits per heavy atom. The molecule has 4 amide bonds. The van der Waals surface area contributed by atoms with E-state index in [1.165, 1.54) is 0 Å². The van der Waals surface area contributed by atoms with Crippen molar-refractivity contribution in [3.05, 3.63) is 0 Å². The zero-order valence-corrected chi connectivity index (χ0v) is 8.33. The maximum atomic E-state index is 11.2. The van der Waals surface area contributed by atoms with Gasteiger partial charge in [-0.2, -0.15) is 0 Å². The summed E-state index contributed by atoms with van der Waals surface area (Å²) in [7, 11) is 0. The summed E-state index contributed by atoms with van der Waals surface area (Å²) >= 11 is 0. The molecule has 0 aromatic heterocycles. The summed E-state index contributed by atoms with van der Waals surface area (Å²) in [5.74, 6) is 0.116. The summed E-state index contributed by atoms with van der Waals surface area (Å²) in [5, 5.41) is 7.87. The molecule has 1 saturated heterocycles. The minimum Gasteiger partial charge on any atom is -0.352 e. The van der Waals surface area contributed by atoms with Crippen molar-refractivity contribution in [2.75, 3.05) is 0 Å². The molecule has 80 valence electrons. The first-order chi connectivity index (χ1) is 6.54. The second kappa shape index (κ2) is 4.17. The number of nitrogens with one attached hydrogen (secondary N) is 3. The monoisotopic (exact) mass is 200 g/mol. The fourth-order valence-corrected chi connectivity index (χ4v) is 1.64. The second-order valence-electron chi connectivity index (χ2n) is 3.48. The molecule has 0 aromatic carbocycles. The van der Waals surface area contributed by atoms with E-state index in [4.69, 9.17) is 5.73 Å². The molecule has 1 fully saturated rings. The van der Waals surface area contributed by atoms with Crippen LogP contribution in [0.4, 0.5) is 9.59 Å². The zero-order chi connectivity index (χ0) is 10.7. The Labute approximate surface area is 82.6 Å². The third kappa shape index (κ3) is 2.27. The van der Waals surface area contributed by atoms with Crippen LogP contribution in [0, 0.1) is 5.92 Å². The molecular weight excluding hydrogens is 184 g/mol. The summed E-state index contributed by atoms with van der Waals surface area (Å²) in [6.45, 7) is 3.93. The van der Waals surface area contributed by atoms with Gasteiger partial charge in [0, 0.05) is 12.0 Å². The Balaban J connectivity index is 2.64. The Hall–Kier alpha value is -1.46. The second-order valence-corrected chi connectivity index (χ2v) is 3.48. The quantitative estimate of drug-likeness (QED) is 0.492. The lowest BCUT2D eigenvalue weighted by atomic mass is 9.94. The lowest BCUT2D eigenvalue weighted by Crippen LogP contribution is -2.65. The maximum Gasteiger partial charge on any atom is 0.316 e. The molecule has 3 atom stereocenters. The highest BCUT2D eigenvalue weighted by molar-refractivity contribution is 5.77. The molecule has 1 rings (SSSR count). The van der Waals surface area contributed by atoms with Crippen molar-refractivity contribution in [1.82, 2.24) is 16.0 Å². The lowest BCUT2D eigenvalue weighted by molar-refractivity contribution is 0.181. The third-order valence-corrected chi connectivity index (χ3v) is 2.50. The van der Waals surface area contributed by atoms with Gasteiger partial charge in [-0.3, -0.25) is 0 Å². The molecule has 1 heterocycles. The molecule has 6 nitrogen and oxygen atoms in total. The van der Waals surface area contributed by atoms with E-state index in [0.717, 1.165) is 6.42 Å². The van der Waals surface area contributed by atoms with E-state index in [-0.39, 0.29) is 24.2 Å². The van der Waals surface area contributed by atoms with Gasteiger partial charge in [0.15, 0.2) is 0 Å². The van der Waals surface area contributed by atoms with Crippen molar-refractivity contribution < 1.29 is 9.59 Å². The first-order valence-corrected chi connectivity index (χ1v) is 4.67. The number of nitrogens with two attached hydrogens (primary N) is 1. The molecule has 14 heavy (non-hydrogen) atoms. The highest BCUT2D eigenvalue weighted by Crippen LogP contribution is 2.13. The number of urea groups is 2. The van der Waals surface area contributed by atoms with Crippen LogP contribution in [0.3, 0.4) is 0 Å². The first-order valence-electron chi connectivity index (χ1n) is 4.67. The number of hydrogen-bond donors (Lipinski definition) is 4. The predicted molar refractivity (Wildman–Crippen MR) is 51.4 cm³/mol. The number of rotatable bonds is 2. The Kier molecular flexibility index (Phi) is 3.16. The standard InChI is InChI=1S/C8H16N4O2/c1-3-5-4(2)6(11-7(9)13)12-8(14)10-5/h4-6H,3H2,1-2H3,(H3,9,11,13)(H2,10,12,14). The van der Waals surface area contributed by atoms with E-state index in [0.29, 0.717) is 0 Å². The van der Waals surface area contributed by atoms with Gasteiger partial charge in [-0.05, 0) is 6.42 Å². The topological polar surface area (TPSA) is 96.2 Å². The van der Waals surface area contributed by atoms with Crippen LogP contribution in [0.1, 0.15) is 20.3 Å². The summed E-state index contributed by atoms with van der Waals surface area (Å²) in [5.41, 5.74) is 5.00. The van der Waals surface area contributed by atoms with Gasteiger partial charge in [0.25, 0.3) is 0 Å². The number of hydrogen-bond acceptors (Lipinski definition) is 2. The van der Waals surface area contributed by atoms with E-state index in [1.807, 2.05) is 13.8 Å². The van der Waals surface area contributed by atoms with Gasteiger partial charge in [0.05, 0.1) is 0 Å². The van der Waals surface area contributed by atoms with E-state index >= 15 is 0 Å².